The molecule has 0 unspecified atom stereocenters. The summed E-state index contributed by atoms with van der Waals surface area (Å²) in [6.45, 7) is 0. The molecule has 0 fully saturated rings. The summed E-state index contributed by atoms with van der Waals surface area (Å²) in [5.41, 5.74) is 2.69. The molecule has 1 aromatic carbocycles. The maximum absolute atomic E-state index is 12.6. The monoisotopic (exact) mass is 471 g/mol. The van der Waals surface area contributed by atoms with Crippen molar-refractivity contribution in [1.29, 1.82) is 5.26 Å². The Morgan fingerprint density at radius 2 is 1.97 bits per heavy atom. The molecule has 31 heavy (non-hydrogen) atoms. The van der Waals surface area contributed by atoms with E-state index >= 15 is 0 Å². The van der Waals surface area contributed by atoms with Gasteiger partial charge in [0.05, 0.1) is 11.3 Å². The lowest BCUT2D eigenvalue weighted by atomic mass is 9.97. The number of carbonyl (C=O) groups excluding carboxylic acids is 1. The molecule has 2 heterocycles. The Balaban J connectivity index is 1.43. The maximum atomic E-state index is 12.6. The molecular formula is C22H22ClN5OS2. The number of aryl methyl sites for hydroxylation is 1. The molecule has 4 rings (SSSR count). The van der Waals surface area contributed by atoms with Gasteiger partial charge in [-0.15, -0.1) is 21.5 Å². The second-order valence-electron chi connectivity index (χ2n) is 7.44. The van der Waals surface area contributed by atoms with E-state index in [4.69, 9.17) is 11.6 Å². The van der Waals surface area contributed by atoms with Crippen molar-refractivity contribution in [1.82, 2.24) is 14.8 Å². The van der Waals surface area contributed by atoms with Crippen molar-refractivity contribution in [3.63, 3.8) is 0 Å². The van der Waals surface area contributed by atoms with Crippen LogP contribution in [0.5, 0.6) is 0 Å². The van der Waals surface area contributed by atoms with E-state index in [1.807, 2.05) is 35.9 Å². The third kappa shape index (κ3) is 4.95. The fourth-order valence-electron chi connectivity index (χ4n) is 3.71. The van der Waals surface area contributed by atoms with Gasteiger partial charge in [-0.25, -0.2) is 0 Å². The Morgan fingerprint density at radius 3 is 2.71 bits per heavy atom. The number of benzene rings is 1. The lowest BCUT2D eigenvalue weighted by molar-refractivity contribution is -0.113. The molecule has 1 amide bonds. The van der Waals surface area contributed by atoms with Crippen LogP contribution in [0.3, 0.4) is 0 Å². The Bertz CT molecular complexity index is 1130. The first kappa shape index (κ1) is 21.9. The number of hydrogen-bond donors (Lipinski definition) is 1. The summed E-state index contributed by atoms with van der Waals surface area (Å²) in [6.07, 6.45) is 6.59. The number of nitriles is 1. The van der Waals surface area contributed by atoms with Crippen LogP contribution in [-0.4, -0.2) is 26.4 Å². The molecule has 3 aromatic rings. The first-order valence-corrected chi connectivity index (χ1v) is 12.4. The van der Waals surface area contributed by atoms with Crippen LogP contribution in [0.25, 0.3) is 11.4 Å². The summed E-state index contributed by atoms with van der Waals surface area (Å²) in [5, 5.41) is 23.1. The van der Waals surface area contributed by atoms with Crippen LogP contribution >= 0.6 is 34.7 Å². The largest absolute Gasteiger partial charge is 0.316 e. The molecule has 0 bridgehead atoms. The Hall–Kier alpha value is -2.34. The third-order valence-electron chi connectivity index (χ3n) is 5.31. The highest BCUT2D eigenvalue weighted by Crippen LogP contribution is 2.36. The first-order valence-electron chi connectivity index (χ1n) is 10.2. The van der Waals surface area contributed by atoms with Crippen LogP contribution in [0.1, 0.15) is 41.7 Å². The van der Waals surface area contributed by atoms with Gasteiger partial charge in [0.15, 0.2) is 11.0 Å². The number of thioether (sulfide) groups is 1. The number of nitrogens with one attached hydrogen (secondary N) is 1. The van der Waals surface area contributed by atoms with E-state index in [2.05, 4.69) is 21.6 Å². The summed E-state index contributed by atoms with van der Waals surface area (Å²) in [7, 11) is 1.87. The summed E-state index contributed by atoms with van der Waals surface area (Å²) in [5.74, 6) is 0.760. The van der Waals surface area contributed by atoms with Crippen molar-refractivity contribution in [2.24, 2.45) is 7.05 Å². The van der Waals surface area contributed by atoms with Crippen molar-refractivity contribution in [3.05, 3.63) is 45.3 Å². The second kappa shape index (κ2) is 9.86. The number of amides is 1. The minimum Gasteiger partial charge on any atom is -0.316 e. The molecule has 1 aliphatic carbocycles. The van der Waals surface area contributed by atoms with E-state index in [0.29, 0.717) is 26.6 Å². The topological polar surface area (TPSA) is 83.6 Å². The molecule has 0 saturated heterocycles. The van der Waals surface area contributed by atoms with E-state index < -0.39 is 0 Å². The average molecular weight is 472 g/mol. The number of halogens is 1. The number of hydrogen-bond acceptors (Lipinski definition) is 6. The predicted molar refractivity (Wildman–Crippen MR) is 126 cm³/mol. The van der Waals surface area contributed by atoms with Gasteiger partial charge in [-0.2, -0.15) is 5.26 Å². The van der Waals surface area contributed by atoms with Crippen LogP contribution in [-0.2, 0) is 24.7 Å². The molecule has 160 valence electrons. The van der Waals surface area contributed by atoms with Gasteiger partial charge in [0.1, 0.15) is 11.1 Å². The predicted octanol–water partition coefficient (Wildman–Crippen LogP) is 5.46. The van der Waals surface area contributed by atoms with Crippen LogP contribution in [0.4, 0.5) is 5.00 Å². The average Bonchev–Trinajstić information content (AvgIpc) is 3.26. The van der Waals surface area contributed by atoms with Crippen molar-refractivity contribution in [3.8, 4) is 17.5 Å². The summed E-state index contributed by atoms with van der Waals surface area (Å²) >= 11 is 8.83. The highest BCUT2D eigenvalue weighted by molar-refractivity contribution is 7.99. The highest BCUT2D eigenvalue weighted by Gasteiger charge is 2.21. The lowest BCUT2D eigenvalue weighted by Gasteiger charge is -2.08. The van der Waals surface area contributed by atoms with Gasteiger partial charge in [0, 0.05) is 22.5 Å². The minimum atomic E-state index is -0.147. The second-order valence-corrected chi connectivity index (χ2v) is 9.93. The summed E-state index contributed by atoms with van der Waals surface area (Å²) < 4.78 is 1.86. The van der Waals surface area contributed by atoms with Gasteiger partial charge in [0.25, 0.3) is 0 Å². The highest BCUT2D eigenvalue weighted by atomic mass is 35.5. The van der Waals surface area contributed by atoms with Crippen molar-refractivity contribution in [2.75, 3.05) is 11.1 Å². The summed E-state index contributed by atoms with van der Waals surface area (Å²) in [4.78, 5) is 13.9. The van der Waals surface area contributed by atoms with Crippen LogP contribution in [0, 0.1) is 11.3 Å². The third-order valence-corrected chi connectivity index (χ3v) is 7.79. The van der Waals surface area contributed by atoms with Gasteiger partial charge in [0.2, 0.25) is 5.91 Å². The van der Waals surface area contributed by atoms with Gasteiger partial charge < -0.3 is 9.88 Å². The van der Waals surface area contributed by atoms with Crippen molar-refractivity contribution < 1.29 is 4.79 Å². The summed E-state index contributed by atoms with van der Waals surface area (Å²) in [6, 6.07) is 9.71. The molecular weight excluding hydrogens is 450 g/mol. The zero-order chi connectivity index (χ0) is 21.8. The standard InChI is InChI=1S/C22H22ClN5OS2/c1-28-20(14-8-10-15(23)11-9-14)26-27-22(28)30-13-19(29)25-21-17(12-24)16-6-4-2-3-5-7-18(16)31-21/h8-11H,2-7,13H2,1H3,(H,25,29). The van der Waals surface area contributed by atoms with Gasteiger partial charge in [-0.1, -0.05) is 36.2 Å². The van der Waals surface area contributed by atoms with Gasteiger partial charge >= 0.3 is 0 Å². The molecule has 0 aliphatic heterocycles. The number of fused-ring (bicyclic) bond motifs is 1. The molecule has 0 spiro atoms. The number of anilines is 1. The van der Waals surface area contributed by atoms with Crippen LogP contribution in [0.15, 0.2) is 29.4 Å². The molecule has 1 aliphatic rings. The van der Waals surface area contributed by atoms with Crippen LogP contribution < -0.4 is 5.32 Å². The molecule has 0 saturated carbocycles. The first-order chi connectivity index (χ1) is 15.1. The molecule has 0 atom stereocenters. The molecule has 6 nitrogen and oxygen atoms in total. The molecule has 2 aromatic heterocycles. The SMILES string of the molecule is Cn1c(SCC(=O)Nc2sc3c(c2C#N)CCCCCC3)nnc1-c1ccc(Cl)cc1. The Labute approximate surface area is 194 Å². The van der Waals surface area contributed by atoms with Crippen molar-refractivity contribution >= 4 is 45.6 Å². The maximum Gasteiger partial charge on any atom is 0.235 e. The number of thiophene rings is 1. The zero-order valence-electron chi connectivity index (χ0n) is 17.2. The van der Waals surface area contributed by atoms with E-state index in [-0.39, 0.29) is 11.7 Å². The fraction of sp³-hybridized carbons (Fsp3) is 0.364. The Morgan fingerprint density at radius 1 is 1.23 bits per heavy atom. The minimum absolute atomic E-state index is 0.147. The van der Waals surface area contributed by atoms with Crippen LogP contribution in [0.2, 0.25) is 5.02 Å². The van der Waals surface area contributed by atoms with Gasteiger partial charge in [-0.3, -0.25) is 4.79 Å². The van der Waals surface area contributed by atoms with Gasteiger partial charge in [-0.05, 0) is 55.5 Å². The van der Waals surface area contributed by atoms with E-state index in [0.717, 1.165) is 36.8 Å². The Kier molecular flexibility index (Phi) is 6.96. The van der Waals surface area contributed by atoms with E-state index in [1.54, 1.807) is 11.3 Å². The van der Waals surface area contributed by atoms with Crippen molar-refractivity contribution in [2.45, 2.75) is 43.7 Å². The van der Waals surface area contributed by atoms with E-state index in [1.165, 1.54) is 29.5 Å². The van der Waals surface area contributed by atoms with E-state index in [9.17, 15) is 10.1 Å². The normalized spacial score (nSPS) is 13.7. The quantitative estimate of drug-likeness (QED) is 0.499. The fourth-order valence-corrected chi connectivity index (χ4v) is 5.80. The number of carbonyl (C=O) groups is 1. The molecule has 9 heteroatoms. The number of rotatable bonds is 5. The number of nitrogens with zero attached hydrogens (tertiary/aromatic N) is 4. The lowest BCUT2D eigenvalue weighted by Crippen LogP contribution is -2.14. The smallest absolute Gasteiger partial charge is 0.235 e. The zero-order valence-corrected chi connectivity index (χ0v) is 19.5. The molecule has 0 radical (unpaired) electrons. The molecule has 1 N–H and O–H groups in total. The number of aromatic nitrogens is 3.